The molecule has 0 fully saturated rings. The number of carbonyl (C=O) groups excluding carboxylic acids is 3. The average Bonchev–Trinajstić information content (AvgIpc) is 3.02. The topological polar surface area (TPSA) is 110 Å². The predicted octanol–water partition coefficient (Wildman–Crippen LogP) is 1.93. The number of esters is 1. The Morgan fingerprint density at radius 3 is 2.44 bits per heavy atom. The second kappa shape index (κ2) is 9.60. The highest BCUT2D eigenvalue weighted by atomic mass is 32.2. The van der Waals surface area contributed by atoms with Crippen LogP contribution in [0.1, 0.15) is 43.1 Å². The zero-order valence-electron chi connectivity index (χ0n) is 18.0. The van der Waals surface area contributed by atoms with E-state index < -0.39 is 27.8 Å². The number of methoxy groups -OCH3 is 1. The monoisotopic (exact) mass is 460 g/mol. The highest BCUT2D eigenvalue weighted by Crippen LogP contribution is 2.25. The molecule has 2 amide bonds. The lowest BCUT2D eigenvalue weighted by Crippen LogP contribution is -2.31. The molecular formula is C22H24N2O7S. The first-order valence-electron chi connectivity index (χ1n) is 9.84. The largest absolute Gasteiger partial charge is 0.457 e. The molecule has 2 aromatic carbocycles. The average molecular weight is 461 g/mol. The summed E-state index contributed by atoms with van der Waals surface area (Å²) in [5.41, 5.74) is 1.02. The molecule has 0 bridgehead atoms. The maximum Gasteiger partial charge on any atom is 0.338 e. The number of ether oxygens (including phenoxy) is 2. The van der Waals surface area contributed by atoms with Gasteiger partial charge < -0.3 is 9.47 Å². The summed E-state index contributed by atoms with van der Waals surface area (Å²) in [6, 6.07) is 10.3. The maximum atomic E-state index is 12.6. The zero-order chi connectivity index (χ0) is 23.5. The van der Waals surface area contributed by atoms with Crippen LogP contribution in [0.2, 0.25) is 0 Å². The van der Waals surface area contributed by atoms with E-state index in [0.717, 1.165) is 9.21 Å². The number of benzene rings is 2. The Hall–Kier alpha value is -3.08. The molecule has 2 aromatic rings. The third-order valence-corrected chi connectivity index (χ3v) is 6.79. The van der Waals surface area contributed by atoms with Crippen LogP contribution in [-0.4, -0.2) is 69.8 Å². The van der Waals surface area contributed by atoms with Gasteiger partial charge in [0.2, 0.25) is 10.0 Å². The quantitative estimate of drug-likeness (QED) is 0.319. The molecule has 10 heteroatoms. The van der Waals surface area contributed by atoms with Crippen molar-refractivity contribution in [2.45, 2.75) is 17.9 Å². The van der Waals surface area contributed by atoms with Gasteiger partial charge in [-0.2, -0.15) is 0 Å². The van der Waals surface area contributed by atoms with Gasteiger partial charge in [-0.3, -0.25) is 14.5 Å². The Morgan fingerprint density at radius 1 is 1.03 bits per heavy atom. The predicted molar refractivity (Wildman–Crippen MR) is 115 cm³/mol. The fourth-order valence-corrected chi connectivity index (χ4v) is 4.20. The van der Waals surface area contributed by atoms with E-state index in [1.807, 2.05) is 0 Å². The van der Waals surface area contributed by atoms with E-state index in [9.17, 15) is 22.8 Å². The Bertz CT molecular complexity index is 1160. The minimum Gasteiger partial charge on any atom is -0.457 e. The van der Waals surface area contributed by atoms with Crippen LogP contribution < -0.4 is 0 Å². The maximum absolute atomic E-state index is 12.6. The number of nitrogens with zero attached hydrogens (tertiary/aromatic N) is 2. The van der Waals surface area contributed by atoms with Crippen molar-refractivity contribution in [1.29, 1.82) is 0 Å². The number of hydrogen-bond acceptors (Lipinski definition) is 7. The van der Waals surface area contributed by atoms with Crippen molar-refractivity contribution >= 4 is 27.8 Å². The smallest absolute Gasteiger partial charge is 0.338 e. The van der Waals surface area contributed by atoms with Gasteiger partial charge in [0.25, 0.3) is 11.8 Å². The molecule has 0 saturated heterocycles. The molecule has 9 nitrogen and oxygen atoms in total. The molecule has 0 atom stereocenters. The number of fused-ring (bicyclic) bond motifs is 1. The third-order valence-electron chi connectivity index (χ3n) is 4.98. The molecule has 0 aromatic heterocycles. The molecule has 0 spiro atoms. The summed E-state index contributed by atoms with van der Waals surface area (Å²) in [5, 5.41) is 0. The highest BCUT2D eigenvalue weighted by Gasteiger charge is 2.35. The summed E-state index contributed by atoms with van der Waals surface area (Å²) >= 11 is 0. The van der Waals surface area contributed by atoms with Crippen molar-refractivity contribution in [3.8, 4) is 0 Å². The lowest BCUT2D eigenvalue weighted by Gasteiger charge is -2.12. The summed E-state index contributed by atoms with van der Waals surface area (Å²) in [4.78, 5) is 38.8. The third kappa shape index (κ3) is 4.72. The van der Waals surface area contributed by atoms with Crippen LogP contribution in [0.3, 0.4) is 0 Å². The number of rotatable bonds is 9. The summed E-state index contributed by atoms with van der Waals surface area (Å²) in [6.45, 7) is 0.497. The molecule has 170 valence electrons. The molecule has 0 unspecified atom stereocenters. The van der Waals surface area contributed by atoms with Crippen molar-refractivity contribution in [3.63, 3.8) is 0 Å². The highest BCUT2D eigenvalue weighted by molar-refractivity contribution is 7.89. The zero-order valence-corrected chi connectivity index (χ0v) is 18.8. The molecule has 1 aliphatic heterocycles. The first-order valence-corrected chi connectivity index (χ1v) is 11.3. The lowest BCUT2D eigenvalue weighted by atomic mass is 10.1. The lowest BCUT2D eigenvalue weighted by molar-refractivity contribution is 0.0472. The van der Waals surface area contributed by atoms with Crippen LogP contribution in [0.4, 0.5) is 0 Å². The fraction of sp³-hybridized carbons (Fsp3) is 0.318. The van der Waals surface area contributed by atoms with Gasteiger partial charge in [0.1, 0.15) is 6.61 Å². The van der Waals surface area contributed by atoms with E-state index in [4.69, 9.17) is 9.47 Å². The van der Waals surface area contributed by atoms with Gasteiger partial charge in [-0.15, -0.1) is 0 Å². The van der Waals surface area contributed by atoms with E-state index in [2.05, 4.69) is 0 Å². The van der Waals surface area contributed by atoms with Gasteiger partial charge in [-0.05, 0) is 42.3 Å². The van der Waals surface area contributed by atoms with E-state index in [-0.39, 0.29) is 34.7 Å². The first-order chi connectivity index (χ1) is 15.2. The Balaban J connectivity index is 1.71. The molecular weight excluding hydrogens is 436 g/mol. The number of imide groups is 1. The SMILES string of the molecule is COCCCN1C(=O)c2ccc(C(=O)OCc3cccc(S(=O)(=O)N(C)C)c3)cc2C1=O. The van der Waals surface area contributed by atoms with Gasteiger partial charge >= 0.3 is 5.97 Å². The van der Waals surface area contributed by atoms with Gasteiger partial charge in [0.05, 0.1) is 21.6 Å². The van der Waals surface area contributed by atoms with Gasteiger partial charge in [-0.1, -0.05) is 12.1 Å². The Kier molecular flexibility index (Phi) is 7.07. The summed E-state index contributed by atoms with van der Waals surface area (Å²) in [5.74, 6) is -1.55. The van der Waals surface area contributed by atoms with Crippen LogP contribution in [0.25, 0.3) is 0 Å². The van der Waals surface area contributed by atoms with Crippen LogP contribution >= 0.6 is 0 Å². The van der Waals surface area contributed by atoms with Crippen LogP contribution in [0, 0.1) is 0 Å². The number of amides is 2. The normalized spacial score (nSPS) is 13.6. The van der Waals surface area contributed by atoms with Crippen molar-refractivity contribution in [3.05, 3.63) is 64.7 Å². The first kappa shape index (κ1) is 23.6. The van der Waals surface area contributed by atoms with Gasteiger partial charge in [-0.25, -0.2) is 17.5 Å². The number of sulfonamides is 1. The second-order valence-electron chi connectivity index (χ2n) is 7.38. The number of hydrogen-bond donors (Lipinski definition) is 0. The minimum absolute atomic E-state index is 0.0891. The van der Waals surface area contributed by atoms with E-state index in [1.54, 1.807) is 12.1 Å². The summed E-state index contributed by atoms with van der Waals surface area (Å²) < 4.78 is 35.9. The standard InChI is InChI=1S/C22H24N2O7S/c1-23(2)32(28,29)17-7-4-6-15(12-17)14-31-22(27)16-8-9-18-19(13-16)21(26)24(20(18)25)10-5-11-30-3/h4,6-9,12-13H,5,10-11,14H2,1-3H3. The minimum atomic E-state index is -3.61. The number of carbonyl (C=O) groups is 3. The van der Waals surface area contributed by atoms with Crippen LogP contribution in [0.15, 0.2) is 47.4 Å². The fourth-order valence-electron chi connectivity index (χ4n) is 3.23. The van der Waals surface area contributed by atoms with Gasteiger partial charge in [0, 0.05) is 34.4 Å². The van der Waals surface area contributed by atoms with E-state index >= 15 is 0 Å². The van der Waals surface area contributed by atoms with Crippen LogP contribution in [0.5, 0.6) is 0 Å². The second-order valence-corrected chi connectivity index (χ2v) is 9.53. The van der Waals surface area contributed by atoms with E-state index in [1.165, 1.54) is 51.5 Å². The van der Waals surface area contributed by atoms with Gasteiger partial charge in [0.15, 0.2) is 0 Å². The van der Waals surface area contributed by atoms with Crippen molar-refractivity contribution in [1.82, 2.24) is 9.21 Å². The molecule has 0 aliphatic carbocycles. The molecule has 0 saturated carbocycles. The van der Waals surface area contributed by atoms with Crippen LogP contribution in [-0.2, 0) is 26.1 Å². The van der Waals surface area contributed by atoms with E-state index in [0.29, 0.717) is 18.6 Å². The summed E-state index contributed by atoms with van der Waals surface area (Å²) in [6.07, 6.45) is 0.513. The molecule has 0 radical (unpaired) electrons. The van der Waals surface area contributed by atoms with Crippen molar-refractivity contribution in [2.75, 3.05) is 34.4 Å². The Morgan fingerprint density at radius 2 is 1.75 bits per heavy atom. The van der Waals surface area contributed by atoms with Crippen molar-refractivity contribution < 1.29 is 32.3 Å². The molecule has 32 heavy (non-hydrogen) atoms. The molecule has 1 aliphatic rings. The molecule has 0 N–H and O–H groups in total. The Labute approximate surface area is 186 Å². The summed E-state index contributed by atoms with van der Waals surface area (Å²) in [7, 11) is 0.791. The molecule has 1 heterocycles. The van der Waals surface area contributed by atoms with Crippen molar-refractivity contribution in [2.24, 2.45) is 0 Å². The molecule has 3 rings (SSSR count).